The van der Waals surface area contributed by atoms with Crippen molar-refractivity contribution in [3.8, 4) is 22.3 Å². The Kier molecular flexibility index (Phi) is 5.27. The summed E-state index contributed by atoms with van der Waals surface area (Å²) in [6.45, 7) is 1.72. The smallest absolute Gasteiger partial charge is 0.225 e. The van der Waals surface area contributed by atoms with Crippen molar-refractivity contribution in [2.75, 3.05) is 0 Å². The lowest BCUT2D eigenvalue weighted by Crippen LogP contribution is -2.13. The Balaban J connectivity index is 2.39. The van der Waals surface area contributed by atoms with E-state index in [0.29, 0.717) is 21.2 Å². The first kappa shape index (κ1) is 19.8. The van der Waals surface area contributed by atoms with E-state index in [4.69, 9.17) is 28.3 Å². The number of benzene rings is 3. The Labute approximate surface area is 165 Å². The number of sulfonamides is 1. The van der Waals surface area contributed by atoms with Crippen molar-refractivity contribution >= 4 is 33.2 Å². The Morgan fingerprint density at radius 2 is 1.37 bits per heavy atom. The van der Waals surface area contributed by atoms with Gasteiger partial charge in [-0.25, -0.2) is 22.3 Å². The first-order valence-electron chi connectivity index (χ1n) is 7.67. The SMILES string of the molecule is Cc1c(Cl)cc(-c2cc(F)c(F)cc2-c2ccccc2S(N)(=O)=O)cc1Cl. The van der Waals surface area contributed by atoms with Gasteiger partial charge in [0.15, 0.2) is 11.6 Å². The average Bonchev–Trinajstić information content (AvgIpc) is 2.60. The van der Waals surface area contributed by atoms with Crippen LogP contribution in [0.2, 0.25) is 10.0 Å². The van der Waals surface area contributed by atoms with Gasteiger partial charge in [-0.15, -0.1) is 0 Å². The van der Waals surface area contributed by atoms with Crippen molar-refractivity contribution in [3.05, 3.63) is 75.8 Å². The number of rotatable bonds is 3. The van der Waals surface area contributed by atoms with Crippen LogP contribution in [0.3, 0.4) is 0 Å². The summed E-state index contributed by atoms with van der Waals surface area (Å²) in [4.78, 5) is -0.207. The maximum Gasteiger partial charge on any atom is 0.238 e. The molecule has 0 saturated heterocycles. The summed E-state index contributed by atoms with van der Waals surface area (Å²) in [5.74, 6) is -2.21. The Morgan fingerprint density at radius 1 is 0.852 bits per heavy atom. The van der Waals surface area contributed by atoms with E-state index in [9.17, 15) is 17.2 Å². The van der Waals surface area contributed by atoms with E-state index in [-0.39, 0.29) is 21.6 Å². The van der Waals surface area contributed by atoms with Crippen molar-refractivity contribution in [3.63, 3.8) is 0 Å². The molecule has 0 bridgehead atoms. The van der Waals surface area contributed by atoms with Crippen LogP contribution in [0, 0.1) is 18.6 Å². The third kappa shape index (κ3) is 3.84. The van der Waals surface area contributed by atoms with Crippen molar-refractivity contribution in [2.24, 2.45) is 5.14 Å². The lowest BCUT2D eigenvalue weighted by Gasteiger charge is -2.15. The second kappa shape index (κ2) is 7.20. The minimum atomic E-state index is -4.09. The molecule has 3 nitrogen and oxygen atoms in total. The van der Waals surface area contributed by atoms with Crippen molar-refractivity contribution in [1.29, 1.82) is 0 Å². The summed E-state index contributed by atoms with van der Waals surface area (Å²) in [5.41, 5.74) is 1.56. The summed E-state index contributed by atoms with van der Waals surface area (Å²) < 4.78 is 51.9. The van der Waals surface area contributed by atoms with Crippen LogP contribution in [0.5, 0.6) is 0 Å². The normalized spacial score (nSPS) is 11.6. The molecule has 0 aliphatic heterocycles. The minimum absolute atomic E-state index is 0.140. The van der Waals surface area contributed by atoms with Gasteiger partial charge in [-0.3, -0.25) is 0 Å². The second-order valence-electron chi connectivity index (χ2n) is 5.92. The van der Waals surface area contributed by atoms with Crippen LogP contribution >= 0.6 is 23.2 Å². The van der Waals surface area contributed by atoms with Crippen LogP contribution < -0.4 is 5.14 Å². The largest absolute Gasteiger partial charge is 0.238 e. The third-order valence-corrected chi connectivity index (χ3v) is 5.89. The molecule has 3 rings (SSSR count). The van der Waals surface area contributed by atoms with Gasteiger partial charge < -0.3 is 0 Å². The van der Waals surface area contributed by atoms with E-state index in [1.54, 1.807) is 25.1 Å². The number of nitrogens with two attached hydrogens (primary N) is 1. The summed E-state index contributed by atoms with van der Waals surface area (Å²) in [7, 11) is -4.09. The van der Waals surface area contributed by atoms with E-state index in [2.05, 4.69) is 0 Å². The fourth-order valence-corrected chi connectivity index (χ4v) is 3.99. The average molecular weight is 428 g/mol. The Morgan fingerprint density at radius 3 is 1.93 bits per heavy atom. The van der Waals surface area contributed by atoms with Gasteiger partial charge in [0.05, 0.1) is 4.90 Å². The molecule has 0 radical (unpaired) electrons. The molecule has 0 spiro atoms. The quantitative estimate of drug-likeness (QED) is 0.594. The predicted octanol–water partition coefficient (Wildman–Crippen LogP) is 5.56. The Bertz CT molecular complexity index is 1140. The van der Waals surface area contributed by atoms with Gasteiger partial charge in [0.25, 0.3) is 0 Å². The molecule has 0 unspecified atom stereocenters. The Hall–Kier alpha value is -1.99. The molecule has 2 N–H and O–H groups in total. The topological polar surface area (TPSA) is 60.2 Å². The number of primary sulfonamides is 1. The number of halogens is 4. The van der Waals surface area contributed by atoms with Crippen LogP contribution in [0.1, 0.15) is 5.56 Å². The second-order valence-corrected chi connectivity index (χ2v) is 8.26. The fraction of sp³-hybridized carbons (Fsp3) is 0.0526. The van der Waals surface area contributed by atoms with Crippen molar-refractivity contribution < 1.29 is 17.2 Å². The highest BCUT2D eigenvalue weighted by molar-refractivity contribution is 7.89. The molecule has 3 aromatic carbocycles. The molecule has 8 heteroatoms. The highest BCUT2D eigenvalue weighted by atomic mass is 35.5. The van der Waals surface area contributed by atoms with E-state index in [1.165, 1.54) is 18.2 Å². The molecule has 0 fully saturated rings. The van der Waals surface area contributed by atoms with E-state index in [0.717, 1.165) is 12.1 Å². The first-order valence-corrected chi connectivity index (χ1v) is 9.97. The van der Waals surface area contributed by atoms with Gasteiger partial charge in [0, 0.05) is 15.6 Å². The monoisotopic (exact) mass is 427 g/mol. The molecule has 0 saturated carbocycles. The first-order chi connectivity index (χ1) is 12.6. The van der Waals surface area contributed by atoms with Gasteiger partial charge in [-0.05, 0) is 59.5 Å². The summed E-state index contributed by atoms with van der Waals surface area (Å²) in [6, 6.07) is 10.8. The van der Waals surface area contributed by atoms with Gasteiger partial charge in [0.1, 0.15) is 0 Å². The number of hydrogen-bond acceptors (Lipinski definition) is 2. The summed E-state index contributed by atoms with van der Waals surface area (Å²) in [6.07, 6.45) is 0. The molecule has 0 aliphatic rings. The van der Waals surface area contributed by atoms with Gasteiger partial charge >= 0.3 is 0 Å². The molecular weight excluding hydrogens is 415 g/mol. The summed E-state index contributed by atoms with van der Waals surface area (Å²) in [5, 5.41) is 5.96. The molecule has 0 amide bonds. The van der Waals surface area contributed by atoms with Crippen LogP contribution in [0.4, 0.5) is 8.78 Å². The zero-order valence-corrected chi connectivity index (χ0v) is 16.3. The van der Waals surface area contributed by atoms with Crippen LogP contribution in [-0.4, -0.2) is 8.42 Å². The van der Waals surface area contributed by atoms with Gasteiger partial charge in [-0.1, -0.05) is 41.4 Å². The maximum atomic E-state index is 14.0. The molecule has 3 aromatic rings. The summed E-state index contributed by atoms with van der Waals surface area (Å²) >= 11 is 12.3. The lowest BCUT2D eigenvalue weighted by molar-refractivity contribution is 0.509. The van der Waals surface area contributed by atoms with Crippen LogP contribution in [0.25, 0.3) is 22.3 Å². The highest BCUT2D eigenvalue weighted by Crippen LogP contribution is 2.39. The van der Waals surface area contributed by atoms with E-state index >= 15 is 0 Å². The standard InChI is InChI=1S/C19H13Cl2F2NO2S/c1-10-15(20)6-11(7-16(10)21)13-8-17(22)18(23)9-14(13)12-4-2-3-5-19(12)27(24,25)26/h2-9H,1H3,(H2,24,25,26). The van der Waals surface area contributed by atoms with Crippen molar-refractivity contribution in [2.45, 2.75) is 11.8 Å². The molecule has 0 heterocycles. The molecular formula is C19H13Cl2F2NO2S. The van der Waals surface area contributed by atoms with Crippen LogP contribution in [0.15, 0.2) is 53.4 Å². The third-order valence-electron chi connectivity index (χ3n) is 4.14. The lowest BCUT2D eigenvalue weighted by atomic mass is 9.93. The van der Waals surface area contributed by atoms with Crippen molar-refractivity contribution in [1.82, 2.24) is 0 Å². The van der Waals surface area contributed by atoms with E-state index in [1.807, 2.05) is 0 Å². The van der Waals surface area contributed by atoms with Gasteiger partial charge in [0.2, 0.25) is 10.0 Å². The molecule has 0 aromatic heterocycles. The molecule has 140 valence electrons. The van der Waals surface area contributed by atoms with Gasteiger partial charge in [-0.2, -0.15) is 0 Å². The predicted molar refractivity (Wildman–Crippen MR) is 103 cm³/mol. The van der Waals surface area contributed by atoms with E-state index < -0.39 is 21.7 Å². The zero-order valence-electron chi connectivity index (χ0n) is 13.9. The van der Waals surface area contributed by atoms with Crippen LogP contribution in [-0.2, 0) is 10.0 Å². The minimum Gasteiger partial charge on any atom is -0.225 e. The fourth-order valence-electron chi connectivity index (χ4n) is 2.75. The zero-order chi connectivity index (χ0) is 19.9. The highest BCUT2D eigenvalue weighted by Gasteiger charge is 2.20. The number of hydrogen-bond donors (Lipinski definition) is 1. The molecule has 0 atom stereocenters. The molecule has 27 heavy (non-hydrogen) atoms. The maximum absolute atomic E-state index is 14.0. The molecule has 0 aliphatic carbocycles.